The van der Waals surface area contributed by atoms with Crippen molar-refractivity contribution in [2.75, 3.05) is 7.05 Å². The Morgan fingerprint density at radius 3 is 1.79 bits per heavy atom. The molecule has 0 spiro atoms. The van der Waals surface area contributed by atoms with Gasteiger partial charge >= 0.3 is 0 Å². The van der Waals surface area contributed by atoms with Gasteiger partial charge in [0.15, 0.2) is 0 Å². The number of nitrogens with two attached hydrogens (primary N) is 1. The molecule has 4 heteroatoms. The third kappa shape index (κ3) is 6.10. The normalized spacial score (nSPS) is 17.0. The van der Waals surface area contributed by atoms with Crippen LogP contribution in [0.3, 0.4) is 0 Å². The standard InChI is InChI=1S/2C10H14ClN/c1-8(11)10(12-2)9-6-4-3-5-7-9;1-8(12)10(2,11)9-6-4-3-5-7-9/h3-8,10,12H,1-2H3;3-8H,12H2,1-2H3/t2*8-,10+/m00/s1. The summed E-state index contributed by atoms with van der Waals surface area (Å²) in [6, 6.07) is 20.3. The summed E-state index contributed by atoms with van der Waals surface area (Å²) in [4.78, 5) is -0.457. The molecular formula is C20H28Cl2N2. The Morgan fingerprint density at radius 1 is 0.958 bits per heavy atom. The first-order chi connectivity index (χ1) is 11.3. The summed E-state index contributed by atoms with van der Waals surface area (Å²) in [5.74, 6) is 0. The van der Waals surface area contributed by atoms with E-state index in [4.69, 9.17) is 28.9 Å². The van der Waals surface area contributed by atoms with Crippen molar-refractivity contribution in [3.63, 3.8) is 0 Å². The second kappa shape index (κ2) is 10.0. The molecule has 2 aromatic rings. The number of hydrogen-bond acceptors (Lipinski definition) is 2. The quantitative estimate of drug-likeness (QED) is 0.725. The molecule has 2 aromatic carbocycles. The van der Waals surface area contributed by atoms with E-state index >= 15 is 0 Å². The van der Waals surface area contributed by atoms with Crippen LogP contribution < -0.4 is 11.1 Å². The molecule has 0 aliphatic carbocycles. The lowest BCUT2D eigenvalue weighted by Gasteiger charge is -2.26. The summed E-state index contributed by atoms with van der Waals surface area (Å²) >= 11 is 12.3. The number of rotatable bonds is 5. The van der Waals surface area contributed by atoms with Crippen LogP contribution in [0.1, 0.15) is 37.9 Å². The smallest absolute Gasteiger partial charge is 0.0814 e. The van der Waals surface area contributed by atoms with E-state index in [9.17, 15) is 0 Å². The van der Waals surface area contributed by atoms with Crippen LogP contribution in [0.5, 0.6) is 0 Å². The summed E-state index contributed by atoms with van der Waals surface area (Å²) in [6.45, 7) is 5.85. The van der Waals surface area contributed by atoms with E-state index in [0.717, 1.165) is 5.56 Å². The molecule has 0 fully saturated rings. The maximum absolute atomic E-state index is 6.27. The first kappa shape index (κ1) is 21.0. The highest BCUT2D eigenvalue weighted by molar-refractivity contribution is 6.24. The molecule has 0 amide bonds. The van der Waals surface area contributed by atoms with Crippen LogP contribution >= 0.6 is 23.2 Å². The average molecular weight is 367 g/mol. The van der Waals surface area contributed by atoms with Gasteiger partial charge in [0.2, 0.25) is 0 Å². The van der Waals surface area contributed by atoms with Crippen molar-refractivity contribution >= 4 is 23.2 Å². The minimum Gasteiger partial charge on any atom is -0.326 e. The van der Waals surface area contributed by atoms with Crippen LogP contribution in [0.2, 0.25) is 0 Å². The first-order valence-electron chi connectivity index (χ1n) is 8.17. The van der Waals surface area contributed by atoms with Crippen molar-refractivity contribution in [1.29, 1.82) is 0 Å². The third-order valence-electron chi connectivity index (χ3n) is 4.12. The zero-order valence-corrected chi connectivity index (χ0v) is 16.4. The maximum atomic E-state index is 6.27. The molecule has 0 unspecified atom stereocenters. The van der Waals surface area contributed by atoms with Gasteiger partial charge in [-0.2, -0.15) is 0 Å². The van der Waals surface area contributed by atoms with Crippen molar-refractivity contribution in [3.05, 3.63) is 71.8 Å². The highest BCUT2D eigenvalue weighted by atomic mass is 35.5. The van der Waals surface area contributed by atoms with Gasteiger partial charge in [-0.15, -0.1) is 23.2 Å². The maximum Gasteiger partial charge on any atom is 0.0814 e. The molecule has 0 saturated carbocycles. The molecule has 24 heavy (non-hydrogen) atoms. The predicted octanol–water partition coefficient (Wildman–Crippen LogP) is 5.06. The van der Waals surface area contributed by atoms with Gasteiger partial charge < -0.3 is 11.1 Å². The van der Waals surface area contributed by atoms with Crippen molar-refractivity contribution in [2.24, 2.45) is 5.73 Å². The Hall–Kier alpha value is -1.06. The van der Waals surface area contributed by atoms with Crippen molar-refractivity contribution in [2.45, 2.75) is 43.1 Å². The fourth-order valence-electron chi connectivity index (χ4n) is 2.35. The molecule has 132 valence electrons. The van der Waals surface area contributed by atoms with Gasteiger partial charge in [0, 0.05) is 12.1 Å². The molecular weight excluding hydrogens is 339 g/mol. The van der Waals surface area contributed by atoms with Gasteiger partial charge in [0.1, 0.15) is 0 Å². The zero-order valence-electron chi connectivity index (χ0n) is 14.8. The lowest BCUT2D eigenvalue weighted by Crippen LogP contribution is -2.35. The first-order valence-corrected chi connectivity index (χ1v) is 8.98. The number of alkyl halides is 2. The van der Waals surface area contributed by atoms with Crippen LogP contribution in [0.25, 0.3) is 0 Å². The third-order valence-corrected chi connectivity index (χ3v) is 4.94. The van der Waals surface area contributed by atoms with Crippen LogP contribution in [-0.2, 0) is 4.87 Å². The Kier molecular flexibility index (Phi) is 8.79. The van der Waals surface area contributed by atoms with Crippen LogP contribution in [0, 0.1) is 0 Å². The van der Waals surface area contributed by atoms with Crippen LogP contribution in [0.15, 0.2) is 60.7 Å². The molecule has 0 heterocycles. The van der Waals surface area contributed by atoms with Gasteiger partial charge in [-0.3, -0.25) is 0 Å². The monoisotopic (exact) mass is 366 g/mol. The Bertz CT molecular complexity index is 569. The van der Waals surface area contributed by atoms with Crippen molar-refractivity contribution < 1.29 is 0 Å². The van der Waals surface area contributed by atoms with E-state index in [-0.39, 0.29) is 17.5 Å². The van der Waals surface area contributed by atoms with E-state index < -0.39 is 4.87 Å². The molecule has 0 saturated heterocycles. The minimum absolute atomic E-state index is 0.0541. The summed E-state index contributed by atoms with van der Waals surface area (Å²) in [6.07, 6.45) is 0. The lowest BCUT2D eigenvalue weighted by molar-refractivity contribution is 0.548. The zero-order chi connectivity index (χ0) is 18.2. The molecule has 2 nitrogen and oxygen atoms in total. The van der Waals surface area contributed by atoms with Crippen LogP contribution in [0.4, 0.5) is 0 Å². The molecule has 3 N–H and O–H groups in total. The van der Waals surface area contributed by atoms with E-state index in [1.807, 2.05) is 76.3 Å². The topological polar surface area (TPSA) is 38.0 Å². The highest BCUT2D eigenvalue weighted by Crippen LogP contribution is 2.30. The second-order valence-electron chi connectivity index (χ2n) is 6.08. The van der Waals surface area contributed by atoms with Crippen molar-refractivity contribution in [1.82, 2.24) is 5.32 Å². The van der Waals surface area contributed by atoms with Gasteiger partial charge in [-0.1, -0.05) is 60.7 Å². The average Bonchev–Trinajstić information content (AvgIpc) is 2.57. The van der Waals surface area contributed by atoms with Gasteiger partial charge in [0.05, 0.1) is 10.3 Å². The summed E-state index contributed by atoms with van der Waals surface area (Å²) in [5, 5.41) is 3.29. The van der Waals surface area contributed by atoms with Gasteiger partial charge in [-0.05, 0) is 38.9 Å². The molecule has 2 rings (SSSR count). The predicted molar refractivity (Wildman–Crippen MR) is 107 cm³/mol. The fourth-order valence-corrected chi connectivity index (χ4v) is 2.75. The number of nitrogens with one attached hydrogen (secondary N) is 1. The van der Waals surface area contributed by atoms with Crippen LogP contribution in [-0.4, -0.2) is 18.5 Å². The molecule has 4 atom stereocenters. The largest absolute Gasteiger partial charge is 0.326 e. The van der Waals surface area contributed by atoms with Gasteiger partial charge in [-0.25, -0.2) is 0 Å². The molecule has 0 aliphatic rings. The van der Waals surface area contributed by atoms with E-state index in [0.29, 0.717) is 0 Å². The lowest BCUT2D eigenvalue weighted by atomic mass is 9.94. The van der Waals surface area contributed by atoms with E-state index in [1.165, 1.54) is 5.56 Å². The SMILES string of the molecule is CN[C@@H](c1ccccc1)[C@H](C)Cl.C[C@H](N)[C@@](C)(Cl)c1ccccc1. The number of benzene rings is 2. The Morgan fingerprint density at radius 2 is 1.42 bits per heavy atom. The van der Waals surface area contributed by atoms with Crippen molar-refractivity contribution in [3.8, 4) is 0 Å². The Labute approximate surface area is 156 Å². The highest BCUT2D eigenvalue weighted by Gasteiger charge is 2.27. The minimum atomic E-state index is -0.457. The summed E-state index contributed by atoms with van der Waals surface area (Å²) in [7, 11) is 1.93. The number of halogens is 2. The number of hydrogen-bond donors (Lipinski definition) is 2. The summed E-state index contributed by atoms with van der Waals surface area (Å²) in [5.41, 5.74) is 8.08. The van der Waals surface area contributed by atoms with Gasteiger partial charge in [0.25, 0.3) is 0 Å². The second-order valence-corrected chi connectivity index (χ2v) is 7.56. The fraction of sp³-hybridized carbons (Fsp3) is 0.400. The van der Waals surface area contributed by atoms with E-state index in [1.54, 1.807) is 0 Å². The summed E-state index contributed by atoms with van der Waals surface area (Å²) < 4.78 is 0. The van der Waals surface area contributed by atoms with E-state index in [2.05, 4.69) is 17.4 Å². The molecule has 0 aromatic heterocycles. The molecule has 0 bridgehead atoms. The Balaban J connectivity index is 0.000000240. The molecule has 0 aliphatic heterocycles. The molecule has 0 radical (unpaired) electrons.